The van der Waals surface area contributed by atoms with Crippen molar-refractivity contribution < 1.29 is 24.4 Å². The van der Waals surface area contributed by atoms with E-state index < -0.39 is 23.6 Å². The molecule has 0 aromatic rings. The molecular formula is C21H30O5. The second-order valence-corrected chi connectivity index (χ2v) is 8.95. The first-order valence-corrected chi connectivity index (χ1v) is 10.3. The number of fused-ring (bicyclic) bond motifs is 3. The average Bonchev–Trinajstić information content (AvgIpc) is 3.07. The van der Waals surface area contributed by atoms with E-state index >= 15 is 0 Å². The van der Waals surface area contributed by atoms with Crippen molar-refractivity contribution in [2.24, 2.45) is 29.6 Å². The summed E-state index contributed by atoms with van der Waals surface area (Å²) in [4.78, 5) is 0. The van der Waals surface area contributed by atoms with Crippen LogP contribution in [-0.4, -0.2) is 54.1 Å². The van der Waals surface area contributed by atoms with Gasteiger partial charge < -0.3 is 24.4 Å². The minimum Gasteiger partial charge on any atom is -0.392 e. The predicted molar refractivity (Wildman–Crippen MR) is 93.9 cm³/mol. The maximum atomic E-state index is 10.5. The smallest absolute Gasteiger partial charge is 0.198 e. The Bertz CT molecular complexity index is 608. The topological polar surface area (TPSA) is 68.2 Å². The van der Waals surface area contributed by atoms with Crippen LogP contribution in [0, 0.1) is 41.4 Å². The zero-order valence-electron chi connectivity index (χ0n) is 15.5. The first-order valence-electron chi connectivity index (χ1n) is 10.3. The molecule has 1 spiro atoms. The van der Waals surface area contributed by atoms with Crippen molar-refractivity contribution in [3.8, 4) is 11.8 Å². The molecule has 5 aliphatic rings. The zero-order valence-corrected chi connectivity index (χ0v) is 15.5. The van der Waals surface area contributed by atoms with E-state index in [2.05, 4.69) is 11.8 Å². The molecule has 144 valence electrons. The molecule has 0 aromatic heterocycles. The molecule has 5 rings (SSSR count). The standard InChI is InChI=1S/C21H30O5/c1-24-20-8-7-19(23)16(18(20)12-21(20)25-9-10-26-21)6-5-13(22)11-17-14-3-2-4-15(14)17/h13-19,22-23H,2-4,7-12H2,1H3/t13-,14?,15?,16+,17?,18-,19-,20-/m1/s1. The number of aliphatic hydroxyl groups excluding tert-OH is 2. The molecule has 2 unspecified atom stereocenters. The van der Waals surface area contributed by atoms with Crippen LogP contribution in [0.25, 0.3) is 0 Å². The molecule has 7 atom stereocenters. The lowest BCUT2D eigenvalue weighted by Crippen LogP contribution is -2.74. The van der Waals surface area contributed by atoms with Gasteiger partial charge in [0.25, 0.3) is 0 Å². The molecule has 0 bridgehead atoms. The van der Waals surface area contributed by atoms with E-state index in [4.69, 9.17) is 14.2 Å². The third-order valence-corrected chi connectivity index (χ3v) is 8.01. The van der Waals surface area contributed by atoms with Crippen molar-refractivity contribution in [3.63, 3.8) is 0 Å². The minimum atomic E-state index is -0.656. The maximum absolute atomic E-state index is 10.5. The minimum absolute atomic E-state index is 0.0920. The summed E-state index contributed by atoms with van der Waals surface area (Å²) in [7, 11) is 1.71. The monoisotopic (exact) mass is 362 g/mol. The largest absolute Gasteiger partial charge is 0.392 e. The van der Waals surface area contributed by atoms with Gasteiger partial charge in [0.1, 0.15) is 11.7 Å². The zero-order chi connectivity index (χ0) is 17.9. The van der Waals surface area contributed by atoms with Gasteiger partial charge in [0.2, 0.25) is 0 Å². The number of aliphatic hydroxyl groups is 2. The molecular weight excluding hydrogens is 332 g/mol. The summed E-state index contributed by atoms with van der Waals surface area (Å²) in [5.41, 5.74) is -0.513. The highest BCUT2D eigenvalue weighted by atomic mass is 16.8. The summed E-state index contributed by atoms with van der Waals surface area (Å²) < 4.78 is 17.8. The van der Waals surface area contributed by atoms with Gasteiger partial charge in [-0.15, -0.1) is 0 Å². The number of ether oxygens (including phenoxy) is 3. The van der Waals surface area contributed by atoms with E-state index in [1.54, 1.807) is 7.11 Å². The molecule has 0 aromatic carbocycles. The van der Waals surface area contributed by atoms with Crippen LogP contribution in [0.4, 0.5) is 0 Å². The highest BCUT2D eigenvalue weighted by molar-refractivity contribution is 5.24. The van der Waals surface area contributed by atoms with Crippen molar-refractivity contribution in [2.75, 3.05) is 20.3 Å². The lowest BCUT2D eigenvalue weighted by Gasteiger charge is -2.63. The summed E-state index contributed by atoms with van der Waals surface area (Å²) in [6.45, 7) is 1.19. The van der Waals surface area contributed by atoms with E-state index in [0.717, 1.165) is 24.7 Å². The van der Waals surface area contributed by atoms with Crippen LogP contribution < -0.4 is 0 Å². The van der Waals surface area contributed by atoms with E-state index in [-0.39, 0.29) is 11.8 Å². The summed E-state index contributed by atoms with van der Waals surface area (Å²) in [5.74, 6) is 7.90. The Hall–Kier alpha value is -0.640. The van der Waals surface area contributed by atoms with Crippen molar-refractivity contribution in [2.45, 2.75) is 68.5 Å². The SMILES string of the molecule is CO[C@]12CC[C@@H](O)[C@@H](C#C[C@@H](O)CC3C4CCCC43)[C@H]1CC21OCCO1. The second kappa shape index (κ2) is 6.18. The number of methoxy groups -OCH3 is 1. The van der Waals surface area contributed by atoms with Crippen LogP contribution in [0.1, 0.15) is 44.9 Å². The summed E-state index contributed by atoms with van der Waals surface area (Å²) in [6.07, 6.45) is 5.82. The highest BCUT2D eigenvalue weighted by Gasteiger charge is 2.73. The molecule has 4 saturated carbocycles. The van der Waals surface area contributed by atoms with Crippen LogP contribution in [0.5, 0.6) is 0 Å². The lowest BCUT2D eigenvalue weighted by atomic mass is 9.52. The van der Waals surface area contributed by atoms with Crippen LogP contribution in [0.3, 0.4) is 0 Å². The van der Waals surface area contributed by atoms with Gasteiger partial charge in [0.05, 0.1) is 25.2 Å². The molecule has 1 heterocycles. The fourth-order valence-electron chi connectivity index (χ4n) is 6.63. The Morgan fingerprint density at radius 3 is 2.62 bits per heavy atom. The number of hydrogen-bond donors (Lipinski definition) is 2. The predicted octanol–water partition coefficient (Wildman–Crippen LogP) is 1.71. The van der Waals surface area contributed by atoms with Gasteiger partial charge >= 0.3 is 0 Å². The number of hydrogen-bond acceptors (Lipinski definition) is 5. The Labute approximate surface area is 155 Å². The second-order valence-electron chi connectivity index (χ2n) is 8.95. The molecule has 1 aliphatic heterocycles. The molecule has 0 amide bonds. The van der Waals surface area contributed by atoms with Gasteiger partial charge in [-0.05, 0) is 49.9 Å². The van der Waals surface area contributed by atoms with Gasteiger partial charge in [-0.1, -0.05) is 18.3 Å². The van der Waals surface area contributed by atoms with Gasteiger partial charge in [-0.3, -0.25) is 0 Å². The fraction of sp³-hybridized carbons (Fsp3) is 0.905. The molecule has 4 aliphatic carbocycles. The third-order valence-electron chi connectivity index (χ3n) is 8.01. The van der Waals surface area contributed by atoms with E-state index in [0.29, 0.717) is 32.0 Å². The van der Waals surface area contributed by atoms with Crippen molar-refractivity contribution in [3.05, 3.63) is 0 Å². The van der Waals surface area contributed by atoms with E-state index in [1.165, 1.54) is 19.3 Å². The molecule has 5 fully saturated rings. The van der Waals surface area contributed by atoms with Crippen molar-refractivity contribution in [1.82, 2.24) is 0 Å². The Morgan fingerprint density at radius 1 is 1.19 bits per heavy atom. The number of rotatable bonds is 3. The third kappa shape index (κ3) is 2.36. The van der Waals surface area contributed by atoms with E-state index in [9.17, 15) is 10.2 Å². The Morgan fingerprint density at radius 2 is 1.92 bits per heavy atom. The summed E-state index contributed by atoms with van der Waals surface area (Å²) in [6, 6.07) is 0. The first-order chi connectivity index (χ1) is 12.6. The van der Waals surface area contributed by atoms with Gasteiger partial charge in [0, 0.05) is 19.4 Å². The quantitative estimate of drug-likeness (QED) is 0.748. The van der Waals surface area contributed by atoms with Gasteiger partial charge in [-0.2, -0.15) is 0 Å². The van der Waals surface area contributed by atoms with Gasteiger partial charge in [0.15, 0.2) is 5.79 Å². The van der Waals surface area contributed by atoms with Crippen molar-refractivity contribution in [1.29, 1.82) is 0 Å². The lowest BCUT2D eigenvalue weighted by molar-refractivity contribution is -0.381. The average molecular weight is 362 g/mol. The summed E-state index contributed by atoms with van der Waals surface area (Å²) in [5, 5.41) is 20.9. The van der Waals surface area contributed by atoms with Crippen LogP contribution in [0.2, 0.25) is 0 Å². The molecule has 0 radical (unpaired) electrons. The van der Waals surface area contributed by atoms with Crippen LogP contribution >= 0.6 is 0 Å². The Balaban J connectivity index is 1.28. The normalized spacial score (nSPS) is 48.9. The van der Waals surface area contributed by atoms with Crippen LogP contribution in [-0.2, 0) is 14.2 Å². The summed E-state index contributed by atoms with van der Waals surface area (Å²) >= 11 is 0. The van der Waals surface area contributed by atoms with Crippen LogP contribution in [0.15, 0.2) is 0 Å². The van der Waals surface area contributed by atoms with E-state index in [1.807, 2.05) is 0 Å². The first kappa shape index (κ1) is 17.5. The molecule has 1 saturated heterocycles. The molecule has 2 N–H and O–H groups in total. The maximum Gasteiger partial charge on any atom is 0.198 e. The molecule has 5 heteroatoms. The highest BCUT2D eigenvalue weighted by Crippen LogP contribution is 2.62. The van der Waals surface area contributed by atoms with Gasteiger partial charge in [-0.25, -0.2) is 0 Å². The van der Waals surface area contributed by atoms with Crippen molar-refractivity contribution >= 4 is 0 Å². The molecule has 26 heavy (non-hydrogen) atoms. The molecule has 5 nitrogen and oxygen atoms in total. The fourth-order valence-corrected chi connectivity index (χ4v) is 6.63. The Kier molecular flexibility index (Phi) is 4.15.